The van der Waals surface area contributed by atoms with E-state index in [2.05, 4.69) is 285 Å². The van der Waals surface area contributed by atoms with Gasteiger partial charge in [-0.25, -0.2) is 0 Å². The van der Waals surface area contributed by atoms with Gasteiger partial charge in [-0.2, -0.15) is 0 Å². The Balaban J connectivity index is 0.906. The summed E-state index contributed by atoms with van der Waals surface area (Å²) in [6.07, 6.45) is 8.08. The third kappa shape index (κ3) is 7.25. The molecule has 11 aromatic rings. The fourth-order valence-electron chi connectivity index (χ4n) is 12.2. The second kappa shape index (κ2) is 17.6. The number of anilines is 2. The molecule has 1 unspecified atom stereocenters. The SMILES string of the molecule is Cc1cc(C)cc(-c2cc(C)cc(-n3c4ccccc4c4cc(C5=CCC(N(c6ccc(-c7ccccc7)cc6)c6ccc7c(c6)C(c6ccccc6)(c6ccccc6)c6ccccc6-7)C=C5)ccc43)c2)c1. The first-order valence-electron chi connectivity index (χ1n) is 25.3. The minimum absolute atomic E-state index is 0.0688. The lowest BCUT2D eigenvalue weighted by atomic mass is 9.67. The molecular weight excluding hydrogens is 869 g/mol. The number of para-hydroxylation sites is 1. The van der Waals surface area contributed by atoms with Crippen molar-refractivity contribution in [1.82, 2.24) is 4.57 Å². The van der Waals surface area contributed by atoms with E-state index in [4.69, 9.17) is 0 Å². The maximum atomic E-state index is 2.56. The number of hydrogen-bond acceptors (Lipinski definition) is 1. The van der Waals surface area contributed by atoms with Gasteiger partial charge in [0.2, 0.25) is 0 Å². The van der Waals surface area contributed by atoms with Gasteiger partial charge in [0.25, 0.3) is 0 Å². The van der Waals surface area contributed by atoms with E-state index in [-0.39, 0.29) is 6.04 Å². The van der Waals surface area contributed by atoms with Crippen LogP contribution in [-0.4, -0.2) is 10.6 Å². The molecule has 0 bridgehead atoms. The zero-order valence-electron chi connectivity index (χ0n) is 40.9. The molecule has 1 aromatic heterocycles. The van der Waals surface area contributed by atoms with Crippen LogP contribution in [-0.2, 0) is 5.41 Å². The van der Waals surface area contributed by atoms with Crippen molar-refractivity contribution in [2.24, 2.45) is 0 Å². The highest BCUT2D eigenvalue weighted by Gasteiger charge is 2.46. The van der Waals surface area contributed by atoms with Crippen LogP contribution >= 0.6 is 0 Å². The first-order chi connectivity index (χ1) is 35.4. The topological polar surface area (TPSA) is 8.17 Å². The normalized spacial score (nSPS) is 14.5. The van der Waals surface area contributed by atoms with Gasteiger partial charge in [-0.15, -0.1) is 0 Å². The third-order valence-electron chi connectivity index (χ3n) is 15.3. The van der Waals surface area contributed by atoms with Gasteiger partial charge in [-0.05, 0) is 154 Å². The second-order valence-corrected chi connectivity index (χ2v) is 19.9. The van der Waals surface area contributed by atoms with Crippen molar-refractivity contribution in [3.05, 3.63) is 299 Å². The molecule has 13 rings (SSSR count). The molecule has 0 spiro atoms. The average Bonchev–Trinajstić information content (AvgIpc) is 3.92. The minimum atomic E-state index is -0.494. The molecule has 0 saturated heterocycles. The molecule has 2 aliphatic carbocycles. The third-order valence-corrected chi connectivity index (χ3v) is 15.3. The Labute approximate surface area is 423 Å². The van der Waals surface area contributed by atoms with Crippen molar-refractivity contribution in [2.75, 3.05) is 4.90 Å². The Hall–Kier alpha value is -8.72. The van der Waals surface area contributed by atoms with E-state index in [1.807, 2.05) is 0 Å². The predicted molar refractivity (Wildman–Crippen MR) is 304 cm³/mol. The Morgan fingerprint density at radius 1 is 0.417 bits per heavy atom. The summed E-state index contributed by atoms with van der Waals surface area (Å²) in [5, 5.41) is 2.52. The maximum Gasteiger partial charge on any atom is 0.0714 e. The number of aromatic nitrogens is 1. The summed E-state index contributed by atoms with van der Waals surface area (Å²) in [4.78, 5) is 2.56. The van der Waals surface area contributed by atoms with E-state index in [1.165, 1.54) is 117 Å². The average molecular weight is 923 g/mol. The van der Waals surface area contributed by atoms with Crippen LogP contribution in [0, 0.1) is 20.8 Å². The zero-order chi connectivity index (χ0) is 48.3. The Morgan fingerprint density at radius 2 is 0.986 bits per heavy atom. The Morgan fingerprint density at radius 3 is 1.69 bits per heavy atom. The van der Waals surface area contributed by atoms with Crippen LogP contribution in [0.1, 0.15) is 50.9 Å². The van der Waals surface area contributed by atoms with Crippen molar-refractivity contribution in [3.63, 3.8) is 0 Å². The van der Waals surface area contributed by atoms with Crippen molar-refractivity contribution < 1.29 is 0 Å². The van der Waals surface area contributed by atoms with Gasteiger partial charge >= 0.3 is 0 Å². The minimum Gasteiger partial charge on any atom is -0.334 e. The van der Waals surface area contributed by atoms with Crippen LogP contribution < -0.4 is 4.90 Å². The van der Waals surface area contributed by atoms with Crippen LogP contribution in [0.3, 0.4) is 0 Å². The van der Waals surface area contributed by atoms with Gasteiger partial charge in [-0.1, -0.05) is 211 Å². The first kappa shape index (κ1) is 43.3. The smallest absolute Gasteiger partial charge is 0.0714 e. The van der Waals surface area contributed by atoms with E-state index >= 15 is 0 Å². The lowest BCUT2D eigenvalue weighted by molar-refractivity contribution is 0.761. The molecule has 0 N–H and O–H groups in total. The monoisotopic (exact) mass is 922 g/mol. The molecule has 0 aliphatic heterocycles. The summed E-state index contributed by atoms with van der Waals surface area (Å²) >= 11 is 0. The standard InChI is InChI=1S/C70H54N2/c1-47-39-48(2)41-54(40-47)55-42-49(3)43-61(44-55)72-68-26-16-14-24-64(68)65-45-53(31-38-69(65)72)52-29-34-59(35-30-52)71(58-32-27-51(28-33-58)50-17-7-4-8-18-50)60-36-37-63-62-23-13-15-25-66(62)70(67(63)46-60,56-19-9-5-10-20-56)57-21-11-6-12-22-57/h4-34,36-46,59H,35H2,1-3H3. The van der Waals surface area contributed by atoms with Crippen molar-refractivity contribution in [2.45, 2.75) is 38.6 Å². The predicted octanol–water partition coefficient (Wildman–Crippen LogP) is 18.0. The molecule has 1 atom stereocenters. The summed E-state index contributed by atoms with van der Waals surface area (Å²) in [5.41, 5.74) is 24.4. The van der Waals surface area contributed by atoms with Crippen molar-refractivity contribution >= 4 is 38.8 Å². The lowest BCUT2D eigenvalue weighted by Crippen LogP contribution is -2.31. The molecule has 10 aromatic carbocycles. The number of fused-ring (bicyclic) bond motifs is 6. The van der Waals surface area contributed by atoms with Gasteiger partial charge < -0.3 is 9.47 Å². The molecule has 1 heterocycles. The summed E-state index contributed by atoms with van der Waals surface area (Å²) < 4.78 is 2.45. The van der Waals surface area contributed by atoms with Crippen LogP contribution in [0.2, 0.25) is 0 Å². The van der Waals surface area contributed by atoms with E-state index in [9.17, 15) is 0 Å². The van der Waals surface area contributed by atoms with Gasteiger partial charge in [-0.3, -0.25) is 0 Å². The maximum absolute atomic E-state index is 2.56. The molecule has 0 radical (unpaired) electrons. The molecule has 0 saturated carbocycles. The van der Waals surface area contributed by atoms with E-state index < -0.39 is 5.41 Å². The lowest BCUT2D eigenvalue weighted by Gasteiger charge is -2.36. The summed E-state index contributed by atoms with van der Waals surface area (Å²) in [7, 11) is 0. The van der Waals surface area contributed by atoms with E-state index in [1.54, 1.807) is 0 Å². The van der Waals surface area contributed by atoms with Crippen molar-refractivity contribution in [3.8, 4) is 39.1 Å². The largest absolute Gasteiger partial charge is 0.334 e. The molecule has 2 heteroatoms. The summed E-state index contributed by atoms with van der Waals surface area (Å²) in [6, 6.07) is 88.2. The molecule has 344 valence electrons. The number of hydrogen-bond donors (Lipinski definition) is 0. The number of rotatable bonds is 9. The van der Waals surface area contributed by atoms with Crippen LogP contribution in [0.25, 0.3) is 66.4 Å². The highest BCUT2D eigenvalue weighted by atomic mass is 15.2. The van der Waals surface area contributed by atoms with Gasteiger partial charge in [0.05, 0.1) is 22.5 Å². The number of benzene rings is 10. The fourth-order valence-corrected chi connectivity index (χ4v) is 12.2. The van der Waals surface area contributed by atoms with Crippen LogP contribution in [0.5, 0.6) is 0 Å². The molecule has 0 amide bonds. The Bertz CT molecular complexity index is 3850. The summed E-state index contributed by atoms with van der Waals surface area (Å²) in [6.45, 7) is 6.58. The van der Waals surface area contributed by atoms with Crippen molar-refractivity contribution in [1.29, 1.82) is 0 Å². The van der Waals surface area contributed by atoms with Gasteiger partial charge in [0.15, 0.2) is 0 Å². The number of aryl methyl sites for hydroxylation is 3. The molecule has 0 fully saturated rings. The fraction of sp³-hybridized carbons (Fsp3) is 0.0857. The second-order valence-electron chi connectivity index (χ2n) is 19.9. The molecular formula is C70H54N2. The number of nitrogens with zero attached hydrogens (tertiary/aromatic N) is 2. The van der Waals surface area contributed by atoms with E-state index in [0.717, 1.165) is 12.1 Å². The van der Waals surface area contributed by atoms with Crippen LogP contribution in [0.15, 0.2) is 255 Å². The summed E-state index contributed by atoms with van der Waals surface area (Å²) in [5.74, 6) is 0. The molecule has 72 heavy (non-hydrogen) atoms. The highest BCUT2D eigenvalue weighted by molar-refractivity contribution is 6.10. The molecule has 2 nitrogen and oxygen atoms in total. The zero-order valence-corrected chi connectivity index (χ0v) is 40.9. The van der Waals surface area contributed by atoms with Gasteiger partial charge in [0.1, 0.15) is 0 Å². The quantitative estimate of drug-likeness (QED) is 0.140. The number of allylic oxidation sites excluding steroid dienone is 2. The Kier molecular flexibility index (Phi) is 10.6. The van der Waals surface area contributed by atoms with Crippen LogP contribution in [0.4, 0.5) is 11.4 Å². The first-order valence-corrected chi connectivity index (χ1v) is 25.3. The van der Waals surface area contributed by atoms with E-state index in [0.29, 0.717) is 0 Å². The highest BCUT2D eigenvalue weighted by Crippen LogP contribution is 2.57. The van der Waals surface area contributed by atoms with Gasteiger partial charge in [0, 0.05) is 27.8 Å². The molecule has 2 aliphatic rings.